The van der Waals surface area contributed by atoms with Gasteiger partial charge in [0.15, 0.2) is 0 Å². The second-order valence-corrected chi connectivity index (χ2v) is 7.14. The van der Waals surface area contributed by atoms with Crippen molar-refractivity contribution in [1.29, 1.82) is 0 Å². The minimum absolute atomic E-state index is 0. The lowest BCUT2D eigenvalue weighted by Gasteiger charge is -2.20. The minimum Gasteiger partial charge on any atom is -0.323 e. The zero-order valence-corrected chi connectivity index (χ0v) is 14.6. The molecule has 1 atom stereocenters. The van der Waals surface area contributed by atoms with Gasteiger partial charge in [0, 0.05) is 11.4 Å². The lowest BCUT2D eigenvalue weighted by atomic mass is 9.99. The van der Waals surface area contributed by atoms with Gasteiger partial charge in [-0.15, -0.1) is 24.2 Å². The van der Waals surface area contributed by atoms with Crippen LogP contribution in [0.3, 0.4) is 0 Å². The van der Waals surface area contributed by atoms with E-state index in [0.717, 1.165) is 22.6 Å². The summed E-state index contributed by atoms with van der Waals surface area (Å²) in [5, 5.41) is 5.82. The van der Waals surface area contributed by atoms with Crippen LogP contribution in [0.15, 0.2) is 41.3 Å². The molecule has 2 aromatic carbocycles. The van der Waals surface area contributed by atoms with Crippen molar-refractivity contribution in [1.82, 2.24) is 5.32 Å². The molecule has 2 N–H and O–H groups in total. The van der Waals surface area contributed by atoms with Crippen LogP contribution in [-0.2, 0) is 24.2 Å². The predicted octanol–water partition coefficient (Wildman–Crippen LogP) is 3.55. The molecular weight excluding hydrogens is 347 g/mol. The summed E-state index contributed by atoms with van der Waals surface area (Å²) in [6, 6.07) is 11.6. The first-order valence-corrected chi connectivity index (χ1v) is 8.67. The van der Waals surface area contributed by atoms with Gasteiger partial charge in [-0.2, -0.15) is 0 Å². The standard InChI is InChI=1S/C18H17FN2OS.ClH/c19-17-13-7-8-20-10-12(13)5-6-14(17)21-18(22)16-9-11-3-1-2-4-15(11)23-16;/h1-6,16,20H,7-10H2,(H,21,22);1H. The molecule has 0 aliphatic carbocycles. The number of halogens is 2. The van der Waals surface area contributed by atoms with Crippen LogP contribution in [-0.4, -0.2) is 17.7 Å². The monoisotopic (exact) mass is 364 g/mol. The Bertz CT molecular complexity index is 759. The summed E-state index contributed by atoms with van der Waals surface area (Å²) >= 11 is 1.55. The summed E-state index contributed by atoms with van der Waals surface area (Å²) < 4.78 is 14.6. The van der Waals surface area contributed by atoms with Crippen molar-refractivity contribution in [3.63, 3.8) is 0 Å². The molecule has 0 aromatic heterocycles. The first-order chi connectivity index (χ1) is 11.2. The van der Waals surface area contributed by atoms with Crippen molar-refractivity contribution in [3.8, 4) is 0 Å². The van der Waals surface area contributed by atoms with Crippen molar-refractivity contribution in [2.45, 2.75) is 29.5 Å². The van der Waals surface area contributed by atoms with Crippen LogP contribution in [0.2, 0.25) is 0 Å². The fourth-order valence-corrected chi connectivity index (χ4v) is 4.37. The zero-order chi connectivity index (χ0) is 15.8. The quantitative estimate of drug-likeness (QED) is 0.856. The Labute approximate surface area is 150 Å². The maximum Gasteiger partial charge on any atom is 0.238 e. The molecule has 0 saturated heterocycles. The molecule has 2 aliphatic rings. The molecule has 0 spiro atoms. The van der Waals surface area contributed by atoms with Gasteiger partial charge in [-0.25, -0.2) is 4.39 Å². The molecule has 24 heavy (non-hydrogen) atoms. The van der Waals surface area contributed by atoms with E-state index in [2.05, 4.69) is 10.6 Å². The van der Waals surface area contributed by atoms with Crippen molar-refractivity contribution in [2.24, 2.45) is 0 Å². The Hall–Kier alpha value is -1.56. The van der Waals surface area contributed by atoms with Crippen LogP contribution in [0.1, 0.15) is 16.7 Å². The predicted molar refractivity (Wildman–Crippen MR) is 97.5 cm³/mol. The van der Waals surface area contributed by atoms with Crippen molar-refractivity contribution in [2.75, 3.05) is 11.9 Å². The number of carbonyl (C=O) groups is 1. The molecule has 6 heteroatoms. The van der Waals surface area contributed by atoms with E-state index in [4.69, 9.17) is 0 Å². The maximum absolute atomic E-state index is 14.6. The van der Waals surface area contributed by atoms with E-state index in [1.807, 2.05) is 30.3 Å². The van der Waals surface area contributed by atoms with Crippen molar-refractivity contribution < 1.29 is 9.18 Å². The van der Waals surface area contributed by atoms with Gasteiger partial charge >= 0.3 is 0 Å². The molecule has 1 unspecified atom stereocenters. The van der Waals surface area contributed by atoms with E-state index < -0.39 is 0 Å². The van der Waals surface area contributed by atoms with Gasteiger partial charge in [0.2, 0.25) is 5.91 Å². The molecule has 0 fully saturated rings. The van der Waals surface area contributed by atoms with Crippen LogP contribution in [0.4, 0.5) is 10.1 Å². The van der Waals surface area contributed by atoms with Crippen LogP contribution in [0.25, 0.3) is 0 Å². The molecule has 2 aliphatic heterocycles. The molecule has 126 valence electrons. The fraction of sp³-hybridized carbons (Fsp3) is 0.278. The number of fused-ring (bicyclic) bond motifs is 2. The summed E-state index contributed by atoms with van der Waals surface area (Å²) in [5.74, 6) is -0.406. The zero-order valence-electron chi connectivity index (χ0n) is 13.0. The molecule has 0 saturated carbocycles. The molecule has 3 nitrogen and oxygen atoms in total. The molecule has 2 aromatic rings. The van der Waals surface area contributed by atoms with Crippen molar-refractivity contribution in [3.05, 3.63) is 58.9 Å². The number of nitrogens with one attached hydrogen (secondary N) is 2. The molecule has 1 amide bonds. The number of hydrogen-bond donors (Lipinski definition) is 2. The number of rotatable bonds is 2. The first kappa shape index (κ1) is 17.3. The Morgan fingerprint density at radius 3 is 2.88 bits per heavy atom. The summed E-state index contributed by atoms with van der Waals surface area (Å²) in [7, 11) is 0. The van der Waals surface area contributed by atoms with E-state index in [9.17, 15) is 9.18 Å². The Kier molecular flexibility index (Phi) is 5.13. The maximum atomic E-state index is 14.6. The molecular formula is C18H18ClFN2OS. The average molecular weight is 365 g/mol. The fourth-order valence-electron chi connectivity index (χ4n) is 3.17. The van der Waals surface area contributed by atoms with Gasteiger partial charge < -0.3 is 10.6 Å². The van der Waals surface area contributed by atoms with Crippen molar-refractivity contribution >= 4 is 35.8 Å². The second kappa shape index (κ2) is 7.13. The summed E-state index contributed by atoms with van der Waals surface area (Å²) in [6.07, 6.45) is 1.36. The normalized spacial score (nSPS) is 18.3. The molecule has 2 heterocycles. The van der Waals surface area contributed by atoms with Crippen LogP contribution in [0.5, 0.6) is 0 Å². The SMILES string of the molecule is Cl.O=C(Nc1ccc2c(c1F)CCNC2)C1Cc2ccccc2S1. The number of thioether (sulfide) groups is 1. The van der Waals surface area contributed by atoms with E-state index in [1.165, 1.54) is 5.56 Å². The van der Waals surface area contributed by atoms with Gasteiger partial charge in [0.25, 0.3) is 0 Å². The van der Waals surface area contributed by atoms with Crippen LogP contribution < -0.4 is 10.6 Å². The lowest BCUT2D eigenvalue weighted by Crippen LogP contribution is -2.27. The largest absolute Gasteiger partial charge is 0.323 e. The minimum atomic E-state index is -0.280. The highest BCUT2D eigenvalue weighted by Crippen LogP contribution is 2.37. The smallest absolute Gasteiger partial charge is 0.238 e. The third-order valence-electron chi connectivity index (χ3n) is 4.40. The topological polar surface area (TPSA) is 41.1 Å². The Morgan fingerprint density at radius 2 is 2.04 bits per heavy atom. The lowest BCUT2D eigenvalue weighted by molar-refractivity contribution is -0.115. The highest BCUT2D eigenvalue weighted by Gasteiger charge is 2.29. The highest BCUT2D eigenvalue weighted by atomic mass is 35.5. The number of benzene rings is 2. The average Bonchev–Trinajstić information content (AvgIpc) is 3.02. The number of anilines is 1. The van der Waals surface area contributed by atoms with E-state index in [0.29, 0.717) is 25.1 Å². The van der Waals surface area contributed by atoms with E-state index in [-0.39, 0.29) is 29.4 Å². The third kappa shape index (κ3) is 3.16. The Balaban J connectivity index is 0.00000169. The van der Waals surface area contributed by atoms with Gasteiger partial charge in [0.05, 0.1) is 10.9 Å². The first-order valence-electron chi connectivity index (χ1n) is 7.79. The summed E-state index contributed by atoms with van der Waals surface area (Å²) in [6.45, 7) is 1.46. The highest BCUT2D eigenvalue weighted by molar-refractivity contribution is 8.01. The molecule has 0 bridgehead atoms. The number of carbonyl (C=O) groups excluding carboxylic acids is 1. The van der Waals surface area contributed by atoms with Gasteiger partial charge in [-0.1, -0.05) is 24.3 Å². The van der Waals surface area contributed by atoms with Crippen LogP contribution in [0, 0.1) is 5.82 Å². The molecule has 4 rings (SSSR count). The molecule has 0 radical (unpaired) electrons. The second-order valence-electron chi connectivity index (χ2n) is 5.90. The van der Waals surface area contributed by atoms with Gasteiger partial charge in [-0.3, -0.25) is 4.79 Å². The number of hydrogen-bond acceptors (Lipinski definition) is 3. The van der Waals surface area contributed by atoms with Gasteiger partial charge in [-0.05, 0) is 48.2 Å². The van der Waals surface area contributed by atoms with Crippen LogP contribution >= 0.6 is 24.2 Å². The summed E-state index contributed by atoms with van der Waals surface area (Å²) in [4.78, 5) is 13.6. The summed E-state index contributed by atoms with van der Waals surface area (Å²) in [5.41, 5.74) is 3.19. The number of amides is 1. The van der Waals surface area contributed by atoms with E-state index >= 15 is 0 Å². The Morgan fingerprint density at radius 1 is 1.21 bits per heavy atom. The van der Waals surface area contributed by atoms with Gasteiger partial charge in [0.1, 0.15) is 5.82 Å². The third-order valence-corrected chi connectivity index (χ3v) is 5.72. The van der Waals surface area contributed by atoms with E-state index in [1.54, 1.807) is 17.8 Å².